The lowest BCUT2D eigenvalue weighted by Crippen LogP contribution is -2.62. The van der Waals surface area contributed by atoms with E-state index in [1.54, 1.807) is 0 Å². The third-order valence-corrected chi connectivity index (χ3v) is 2.27. The predicted octanol–water partition coefficient (Wildman–Crippen LogP) is -0.941. The number of aliphatic hydroxyl groups is 2. The van der Waals surface area contributed by atoms with Crippen molar-refractivity contribution in [3.63, 3.8) is 0 Å². The zero-order valence-corrected chi connectivity index (χ0v) is 7.85. The Hall–Kier alpha value is -0.490. The van der Waals surface area contributed by atoms with E-state index < -0.39 is 29.9 Å². The fraction of sp³-hybridized carbons (Fsp3) is 0.875. The normalized spacial score (nSPS) is 46.5. The second-order valence-electron chi connectivity index (χ2n) is 3.34. The summed E-state index contributed by atoms with van der Waals surface area (Å²) < 4.78 is 9.79. The van der Waals surface area contributed by atoms with Gasteiger partial charge >= 0.3 is 0 Å². The number of methoxy groups -OCH3 is 1. The molecule has 5 heteroatoms. The zero-order chi connectivity index (χ0) is 10.2. The monoisotopic (exact) mass is 190 g/mol. The summed E-state index contributed by atoms with van der Waals surface area (Å²) in [5.41, 5.74) is -1.79. The van der Waals surface area contributed by atoms with Crippen molar-refractivity contribution in [3.05, 3.63) is 0 Å². The van der Waals surface area contributed by atoms with Crippen molar-refractivity contribution < 1.29 is 24.5 Å². The molecule has 0 spiro atoms. The molecule has 1 saturated heterocycles. The third kappa shape index (κ3) is 1.60. The van der Waals surface area contributed by atoms with E-state index in [4.69, 9.17) is 9.47 Å². The van der Waals surface area contributed by atoms with Crippen LogP contribution in [0.1, 0.15) is 13.8 Å². The molecule has 0 aliphatic carbocycles. The van der Waals surface area contributed by atoms with Gasteiger partial charge in [-0.3, -0.25) is 4.79 Å². The summed E-state index contributed by atoms with van der Waals surface area (Å²) in [6.45, 7) is 2.76. The maximum atomic E-state index is 11.3. The van der Waals surface area contributed by atoms with Crippen molar-refractivity contribution in [3.8, 4) is 0 Å². The standard InChI is InChI=1S/C8H14O5/c1-4-5(9)8(2,11)6(10)7(12-3)13-4/h4,6-7,10-11H,1-3H3. The van der Waals surface area contributed by atoms with E-state index in [1.807, 2.05) is 0 Å². The van der Waals surface area contributed by atoms with Crippen LogP contribution in [0.2, 0.25) is 0 Å². The first-order valence-corrected chi connectivity index (χ1v) is 4.04. The summed E-state index contributed by atoms with van der Waals surface area (Å²) in [7, 11) is 1.34. The quantitative estimate of drug-likeness (QED) is 0.558. The summed E-state index contributed by atoms with van der Waals surface area (Å²) in [5.74, 6) is -0.534. The first-order valence-electron chi connectivity index (χ1n) is 4.04. The van der Waals surface area contributed by atoms with Gasteiger partial charge in [0.2, 0.25) is 0 Å². The van der Waals surface area contributed by atoms with Crippen LogP contribution in [0.5, 0.6) is 0 Å². The number of carbonyl (C=O) groups excluding carboxylic acids is 1. The molecule has 1 aliphatic heterocycles. The minimum atomic E-state index is -1.79. The Morgan fingerprint density at radius 1 is 1.62 bits per heavy atom. The molecule has 0 bridgehead atoms. The molecule has 0 radical (unpaired) electrons. The molecule has 1 fully saturated rings. The van der Waals surface area contributed by atoms with E-state index in [-0.39, 0.29) is 0 Å². The van der Waals surface area contributed by atoms with Gasteiger partial charge in [0.1, 0.15) is 12.2 Å². The highest BCUT2D eigenvalue weighted by molar-refractivity contribution is 5.91. The molecule has 4 unspecified atom stereocenters. The van der Waals surface area contributed by atoms with Crippen molar-refractivity contribution in [1.29, 1.82) is 0 Å². The van der Waals surface area contributed by atoms with Gasteiger partial charge in [-0.05, 0) is 13.8 Å². The first-order chi connectivity index (χ1) is 5.91. The van der Waals surface area contributed by atoms with Crippen LogP contribution in [0.4, 0.5) is 0 Å². The number of carbonyl (C=O) groups is 1. The molecule has 0 saturated carbocycles. The number of aliphatic hydroxyl groups excluding tert-OH is 1. The molecule has 2 N–H and O–H groups in total. The van der Waals surface area contributed by atoms with Crippen LogP contribution < -0.4 is 0 Å². The molecule has 0 amide bonds. The van der Waals surface area contributed by atoms with Crippen LogP contribution in [0.25, 0.3) is 0 Å². The fourth-order valence-electron chi connectivity index (χ4n) is 1.34. The van der Waals surface area contributed by atoms with Crippen LogP contribution in [-0.4, -0.2) is 47.2 Å². The van der Waals surface area contributed by atoms with Gasteiger partial charge in [-0.1, -0.05) is 0 Å². The van der Waals surface area contributed by atoms with E-state index in [9.17, 15) is 15.0 Å². The topological polar surface area (TPSA) is 76.0 Å². The highest BCUT2D eigenvalue weighted by atomic mass is 16.7. The molecule has 0 aromatic rings. The number of Topliss-reactive ketones (excluding diaryl/α,β-unsaturated/α-hetero) is 1. The minimum absolute atomic E-state index is 0.534. The Kier molecular flexibility index (Phi) is 2.72. The van der Waals surface area contributed by atoms with Gasteiger partial charge < -0.3 is 19.7 Å². The average Bonchev–Trinajstić information content (AvgIpc) is 2.09. The number of hydrogen-bond acceptors (Lipinski definition) is 5. The van der Waals surface area contributed by atoms with Gasteiger partial charge in [0.15, 0.2) is 17.7 Å². The van der Waals surface area contributed by atoms with Gasteiger partial charge in [-0.25, -0.2) is 0 Å². The van der Waals surface area contributed by atoms with Crippen molar-refractivity contribution in [2.75, 3.05) is 7.11 Å². The minimum Gasteiger partial charge on any atom is -0.384 e. The molecule has 0 aromatic heterocycles. The Balaban J connectivity index is 2.88. The third-order valence-electron chi connectivity index (χ3n) is 2.27. The highest BCUT2D eigenvalue weighted by Gasteiger charge is 2.50. The number of hydrogen-bond donors (Lipinski definition) is 2. The predicted molar refractivity (Wildman–Crippen MR) is 43.0 cm³/mol. The summed E-state index contributed by atoms with van der Waals surface area (Å²) in [6.07, 6.45) is -3.06. The average molecular weight is 190 g/mol. The Labute approximate surface area is 76.3 Å². The zero-order valence-electron chi connectivity index (χ0n) is 7.85. The summed E-state index contributed by atoms with van der Waals surface area (Å²) in [5, 5.41) is 19.1. The van der Waals surface area contributed by atoms with E-state index in [0.717, 1.165) is 0 Å². The summed E-state index contributed by atoms with van der Waals surface area (Å²) in [6, 6.07) is 0. The molecule has 1 heterocycles. The maximum absolute atomic E-state index is 11.3. The van der Waals surface area contributed by atoms with Gasteiger partial charge in [-0.2, -0.15) is 0 Å². The smallest absolute Gasteiger partial charge is 0.195 e. The van der Waals surface area contributed by atoms with E-state index in [2.05, 4.69) is 0 Å². The Bertz CT molecular complexity index is 213. The van der Waals surface area contributed by atoms with Gasteiger partial charge in [-0.15, -0.1) is 0 Å². The molecule has 5 nitrogen and oxygen atoms in total. The molecule has 1 aliphatic rings. The molecular formula is C8H14O5. The van der Waals surface area contributed by atoms with Gasteiger partial charge in [0, 0.05) is 7.11 Å². The summed E-state index contributed by atoms with van der Waals surface area (Å²) in [4.78, 5) is 11.3. The van der Waals surface area contributed by atoms with Crippen molar-refractivity contribution in [2.45, 2.75) is 37.9 Å². The second-order valence-corrected chi connectivity index (χ2v) is 3.34. The fourth-order valence-corrected chi connectivity index (χ4v) is 1.34. The second kappa shape index (κ2) is 3.34. The Morgan fingerprint density at radius 3 is 2.62 bits per heavy atom. The largest absolute Gasteiger partial charge is 0.384 e. The van der Waals surface area contributed by atoms with E-state index in [1.165, 1.54) is 21.0 Å². The number of ketones is 1. The van der Waals surface area contributed by atoms with Crippen LogP contribution in [0, 0.1) is 0 Å². The Morgan fingerprint density at radius 2 is 2.15 bits per heavy atom. The molecule has 76 valence electrons. The lowest BCUT2D eigenvalue weighted by atomic mass is 9.88. The van der Waals surface area contributed by atoms with Crippen molar-refractivity contribution in [2.24, 2.45) is 0 Å². The lowest BCUT2D eigenvalue weighted by molar-refractivity contribution is -0.262. The van der Waals surface area contributed by atoms with Gasteiger partial charge in [0.05, 0.1) is 0 Å². The molecule has 4 atom stereocenters. The number of rotatable bonds is 1. The lowest BCUT2D eigenvalue weighted by Gasteiger charge is -2.39. The molecule has 0 aromatic carbocycles. The number of ether oxygens (including phenoxy) is 2. The van der Waals surface area contributed by atoms with Crippen molar-refractivity contribution >= 4 is 5.78 Å². The van der Waals surface area contributed by atoms with E-state index in [0.29, 0.717) is 0 Å². The van der Waals surface area contributed by atoms with Crippen LogP contribution >= 0.6 is 0 Å². The van der Waals surface area contributed by atoms with Gasteiger partial charge in [0.25, 0.3) is 0 Å². The molecule has 13 heavy (non-hydrogen) atoms. The van der Waals surface area contributed by atoms with Crippen LogP contribution in [0.3, 0.4) is 0 Å². The SMILES string of the molecule is COC1OC(C)C(=O)C(C)(O)C1O. The van der Waals surface area contributed by atoms with Crippen LogP contribution in [0.15, 0.2) is 0 Å². The van der Waals surface area contributed by atoms with Crippen LogP contribution in [-0.2, 0) is 14.3 Å². The molecular weight excluding hydrogens is 176 g/mol. The first kappa shape index (κ1) is 10.6. The van der Waals surface area contributed by atoms with E-state index >= 15 is 0 Å². The summed E-state index contributed by atoms with van der Waals surface area (Å²) >= 11 is 0. The molecule has 1 rings (SSSR count). The highest BCUT2D eigenvalue weighted by Crippen LogP contribution is 2.26. The maximum Gasteiger partial charge on any atom is 0.195 e. The van der Waals surface area contributed by atoms with Crippen molar-refractivity contribution in [1.82, 2.24) is 0 Å².